The molecule has 1 aromatic rings. The first kappa shape index (κ1) is 12.5. The predicted octanol–water partition coefficient (Wildman–Crippen LogP) is 1.41. The third kappa shape index (κ3) is 2.86. The minimum absolute atomic E-state index is 0.147. The molecule has 2 rings (SSSR count). The van der Waals surface area contributed by atoms with Crippen molar-refractivity contribution in [1.82, 2.24) is 4.31 Å². The van der Waals surface area contributed by atoms with Gasteiger partial charge in [0.1, 0.15) is 0 Å². The molecule has 1 fully saturated rings. The summed E-state index contributed by atoms with van der Waals surface area (Å²) in [4.78, 5) is 0. The molecule has 4 nitrogen and oxygen atoms in total. The van der Waals surface area contributed by atoms with E-state index in [0.717, 1.165) is 5.56 Å². The van der Waals surface area contributed by atoms with Gasteiger partial charge in [0.05, 0.1) is 18.5 Å². The Morgan fingerprint density at radius 3 is 2.71 bits per heavy atom. The molecule has 0 N–H and O–H groups in total. The summed E-state index contributed by atoms with van der Waals surface area (Å²) >= 11 is 0. The van der Waals surface area contributed by atoms with E-state index < -0.39 is 10.0 Å². The highest BCUT2D eigenvalue weighted by atomic mass is 32.2. The zero-order chi connectivity index (χ0) is 12.3. The molecule has 1 saturated heterocycles. The van der Waals surface area contributed by atoms with Crippen molar-refractivity contribution in [2.45, 2.75) is 13.0 Å². The molecule has 1 aromatic carbocycles. The van der Waals surface area contributed by atoms with Gasteiger partial charge < -0.3 is 4.74 Å². The molecule has 1 aliphatic heterocycles. The van der Waals surface area contributed by atoms with Crippen molar-refractivity contribution in [2.75, 3.05) is 25.4 Å². The Hall–Kier alpha value is -0.910. The average Bonchev–Trinajstić information content (AvgIpc) is 2.40. The summed E-state index contributed by atoms with van der Waals surface area (Å²) in [5, 5.41) is 0. The van der Waals surface area contributed by atoms with Crippen LogP contribution in [0.15, 0.2) is 30.3 Å². The Balaban J connectivity index is 2.13. The number of hydrogen-bond donors (Lipinski definition) is 0. The molecule has 1 unspecified atom stereocenters. The van der Waals surface area contributed by atoms with Crippen LogP contribution in [0.5, 0.6) is 0 Å². The van der Waals surface area contributed by atoms with Crippen LogP contribution in [0, 0.1) is 0 Å². The minimum Gasteiger partial charge on any atom is -0.371 e. The number of benzene rings is 1. The molecule has 0 bridgehead atoms. The number of sulfonamides is 1. The van der Waals surface area contributed by atoms with Crippen LogP contribution in [-0.2, 0) is 14.8 Å². The van der Waals surface area contributed by atoms with Crippen molar-refractivity contribution in [3.05, 3.63) is 35.9 Å². The maximum absolute atomic E-state index is 11.8. The SMILES string of the molecule is CCS(=O)(=O)N1CCOC(c2ccccc2)C1. The van der Waals surface area contributed by atoms with Crippen molar-refractivity contribution in [1.29, 1.82) is 0 Å². The fraction of sp³-hybridized carbons (Fsp3) is 0.500. The summed E-state index contributed by atoms with van der Waals surface area (Å²) in [5.41, 5.74) is 1.03. The highest BCUT2D eigenvalue weighted by Crippen LogP contribution is 2.23. The Labute approximate surface area is 102 Å². The van der Waals surface area contributed by atoms with E-state index in [2.05, 4.69) is 0 Å². The fourth-order valence-electron chi connectivity index (χ4n) is 1.93. The average molecular weight is 255 g/mol. The lowest BCUT2D eigenvalue weighted by Gasteiger charge is -2.32. The first-order chi connectivity index (χ1) is 8.13. The van der Waals surface area contributed by atoms with Crippen LogP contribution in [0.25, 0.3) is 0 Å². The number of ether oxygens (including phenoxy) is 1. The summed E-state index contributed by atoms with van der Waals surface area (Å²) in [7, 11) is -3.11. The van der Waals surface area contributed by atoms with Crippen LogP contribution in [0.4, 0.5) is 0 Å². The highest BCUT2D eigenvalue weighted by molar-refractivity contribution is 7.89. The van der Waals surface area contributed by atoms with Gasteiger partial charge in [-0.25, -0.2) is 8.42 Å². The van der Waals surface area contributed by atoms with Gasteiger partial charge in [-0.3, -0.25) is 0 Å². The standard InChI is InChI=1S/C12H17NO3S/c1-2-17(14,15)13-8-9-16-12(10-13)11-6-4-3-5-7-11/h3-7,12H,2,8-10H2,1H3. The topological polar surface area (TPSA) is 46.6 Å². The Kier molecular flexibility index (Phi) is 3.81. The quantitative estimate of drug-likeness (QED) is 0.820. The van der Waals surface area contributed by atoms with Crippen molar-refractivity contribution in [3.8, 4) is 0 Å². The van der Waals surface area contributed by atoms with Gasteiger partial charge in [-0.2, -0.15) is 4.31 Å². The molecule has 5 heteroatoms. The molecule has 1 aliphatic rings. The highest BCUT2D eigenvalue weighted by Gasteiger charge is 2.28. The van der Waals surface area contributed by atoms with Gasteiger partial charge in [0.25, 0.3) is 0 Å². The summed E-state index contributed by atoms with van der Waals surface area (Å²) in [6, 6.07) is 9.74. The lowest BCUT2D eigenvalue weighted by atomic mass is 10.1. The molecule has 0 aromatic heterocycles. The molecule has 0 aliphatic carbocycles. The van der Waals surface area contributed by atoms with Gasteiger partial charge in [-0.05, 0) is 12.5 Å². The molecular formula is C12H17NO3S. The van der Waals surface area contributed by atoms with Crippen molar-refractivity contribution in [2.24, 2.45) is 0 Å². The predicted molar refractivity (Wildman–Crippen MR) is 66.2 cm³/mol. The van der Waals surface area contributed by atoms with Gasteiger partial charge in [0.15, 0.2) is 0 Å². The molecule has 1 heterocycles. The van der Waals surface area contributed by atoms with Crippen LogP contribution in [0.3, 0.4) is 0 Å². The van der Waals surface area contributed by atoms with E-state index in [9.17, 15) is 8.42 Å². The maximum Gasteiger partial charge on any atom is 0.214 e. The second kappa shape index (κ2) is 5.16. The second-order valence-electron chi connectivity index (χ2n) is 4.03. The van der Waals surface area contributed by atoms with Gasteiger partial charge in [0.2, 0.25) is 10.0 Å². The number of rotatable bonds is 3. The zero-order valence-corrected chi connectivity index (χ0v) is 10.7. The first-order valence-corrected chi connectivity index (χ1v) is 7.39. The molecule has 94 valence electrons. The number of hydrogen-bond acceptors (Lipinski definition) is 3. The molecule has 0 radical (unpaired) electrons. The third-order valence-electron chi connectivity index (χ3n) is 2.96. The first-order valence-electron chi connectivity index (χ1n) is 5.78. The molecule has 0 amide bonds. The normalized spacial score (nSPS) is 22.5. The van der Waals surface area contributed by atoms with Crippen LogP contribution in [0.2, 0.25) is 0 Å². The summed E-state index contributed by atoms with van der Waals surface area (Å²) in [6.07, 6.45) is -0.147. The Morgan fingerprint density at radius 2 is 2.06 bits per heavy atom. The van der Waals surface area contributed by atoms with Gasteiger partial charge in [0, 0.05) is 13.1 Å². The Bertz CT molecular complexity index is 458. The van der Waals surface area contributed by atoms with Gasteiger partial charge >= 0.3 is 0 Å². The number of morpholine rings is 1. The van der Waals surface area contributed by atoms with E-state index in [0.29, 0.717) is 19.7 Å². The summed E-state index contributed by atoms with van der Waals surface area (Å²) in [5.74, 6) is 0.147. The second-order valence-corrected chi connectivity index (χ2v) is 6.29. The monoisotopic (exact) mass is 255 g/mol. The largest absolute Gasteiger partial charge is 0.371 e. The smallest absolute Gasteiger partial charge is 0.214 e. The zero-order valence-electron chi connectivity index (χ0n) is 9.87. The van der Waals surface area contributed by atoms with Gasteiger partial charge in [-0.15, -0.1) is 0 Å². The maximum atomic E-state index is 11.8. The molecule has 0 spiro atoms. The van der Waals surface area contributed by atoms with Crippen LogP contribution >= 0.6 is 0 Å². The van der Waals surface area contributed by atoms with Crippen LogP contribution in [-0.4, -0.2) is 38.2 Å². The van der Waals surface area contributed by atoms with E-state index in [1.165, 1.54) is 4.31 Å². The van der Waals surface area contributed by atoms with E-state index in [4.69, 9.17) is 4.74 Å². The van der Waals surface area contributed by atoms with E-state index in [1.807, 2.05) is 30.3 Å². The lowest BCUT2D eigenvalue weighted by Crippen LogP contribution is -2.42. The van der Waals surface area contributed by atoms with Crippen molar-refractivity contribution < 1.29 is 13.2 Å². The summed E-state index contributed by atoms with van der Waals surface area (Å²) in [6.45, 7) is 3.00. The Morgan fingerprint density at radius 1 is 1.35 bits per heavy atom. The molecule has 0 saturated carbocycles. The molecule has 1 atom stereocenters. The van der Waals surface area contributed by atoms with Crippen LogP contribution in [0.1, 0.15) is 18.6 Å². The van der Waals surface area contributed by atoms with Crippen molar-refractivity contribution >= 4 is 10.0 Å². The van der Waals surface area contributed by atoms with E-state index >= 15 is 0 Å². The minimum atomic E-state index is -3.11. The van der Waals surface area contributed by atoms with Crippen molar-refractivity contribution in [3.63, 3.8) is 0 Å². The van der Waals surface area contributed by atoms with E-state index in [-0.39, 0.29) is 11.9 Å². The molecule has 17 heavy (non-hydrogen) atoms. The van der Waals surface area contributed by atoms with Crippen LogP contribution < -0.4 is 0 Å². The third-order valence-corrected chi connectivity index (χ3v) is 4.81. The lowest BCUT2D eigenvalue weighted by molar-refractivity contribution is -0.00250. The van der Waals surface area contributed by atoms with Gasteiger partial charge in [-0.1, -0.05) is 30.3 Å². The molecular weight excluding hydrogens is 238 g/mol. The fourth-order valence-corrected chi connectivity index (χ4v) is 3.01. The van der Waals surface area contributed by atoms with E-state index in [1.54, 1.807) is 6.92 Å². The number of nitrogens with zero attached hydrogens (tertiary/aromatic N) is 1. The summed E-state index contributed by atoms with van der Waals surface area (Å²) < 4.78 is 30.8.